The molecule has 19 heavy (non-hydrogen) atoms. The Bertz CT molecular complexity index is 668. The Morgan fingerprint density at radius 2 is 1.68 bits per heavy atom. The van der Waals surface area contributed by atoms with E-state index in [1.54, 1.807) is 24.3 Å². The number of hydrogen-bond donors (Lipinski definition) is 0. The number of para-hydroxylation sites is 1. The summed E-state index contributed by atoms with van der Waals surface area (Å²) >= 11 is 0. The first-order valence-corrected chi connectivity index (χ1v) is 6.74. The van der Waals surface area contributed by atoms with E-state index >= 15 is 0 Å². The predicted octanol–water partition coefficient (Wildman–Crippen LogP) is 3.15. The molecule has 0 aliphatic carbocycles. The molecule has 2 aromatic rings. The van der Waals surface area contributed by atoms with Crippen LogP contribution in [0.2, 0.25) is 0 Å². The number of methoxy groups -OCH3 is 1. The second-order valence-corrected chi connectivity index (χ2v) is 4.98. The third-order valence-electron chi connectivity index (χ3n) is 2.38. The standard InChI is InChI=1S/C13H11FO4S/c1-17-12-8-7-11(9-13(12)19(14,15)16)18-10-5-3-2-4-6-10/h2-9H,1H3. The second-order valence-electron chi connectivity index (χ2n) is 3.67. The first-order valence-electron chi connectivity index (χ1n) is 5.36. The fourth-order valence-electron chi connectivity index (χ4n) is 1.54. The lowest BCUT2D eigenvalue weighted by Gasteiger charge is -2.09. The maximum Gasteiger partial charge on any atom is 0.335 e. The topological polar surface area (TPSA) is 52.6 Å². The van der Waals surface area contributed by atoms with Crippen LogP contribution in [-0.2, 0) is 10.2 Å². The van der Waals surface area contributed by atoms with Crippen molar-refractivity contribution >= 4 is 10.2 Å². The van der Waals surface area contributed by atoms with Gasteiger partial charge >= 0.3 is 10.2 Å². The summed E-state index contributed by atoms with van der Waals surface area (Å²) in [7, 11) is -3.60. The minimum Gasteiger partial charge on any atom is -0.495 e. The van der Waals surface area contributed by atoms with Gasteiger partial charge in [0.1, 0.15) is 22.1 Å². The molecule has 100 valence electrons. The maximum atomic E-state index is 13.1. The van der Waals surface area contributed by atoms with Crippen LogP contribution in [0, 0.1) is 0 Å². The van der Waals surface area contributed by atoms with Gasteiger partial charge < -0.3 is 9.47 Å². The van der Waals surface area contributed by atoms with Crippen molar-refractivity contribution in [1.82, 2.24) is 0 Å². The van der Waals surface area contributed by atoms with Gasteiger partial charge in [-0.3, -0.25) is 0 Å². The van der Waals surface area contributed by atoms with E-state index in [9.17, 15) is 12.3 Å². The Morgan fingerprint density at radius 3 is 2.26 bits per heavy atom. The van der Waals surface area contributed by atoms with Crippen molar-refractivity contribution in [2.75, 3.05) is 7.11 Å². The van der Waals surface area contributed by atoms with Crippen LogP contribution in [0.25, 0.3) is 0 Å². The van der Waals surface area contributed by atoms with Gasteiger partial charge in [0.05, 0.1) is 7.11 Å². The van der Waals surface area contributed by atoms with E-state index in [4.69, 9.17) is 9.47 Å². The van der Waals surface area contributed by atoms with E-state index in [0.29, 0.717) is 5.75 Å². The molecule has 0 saturated carbocycles. The molecule has 0 aliphatic heterocycles. The van der Waals surface area contributed by atoms with E-state index in [2.05, 4.69) is 0 Å². The van der Waals surface area contributed by atoms with Crippen molar-refractivity contribution in [3.8, 4) is 17.2 Å². The summed E-state index contributed by atoms with van der Waals surface area (Å²) in [5, 5.41) is 0. The smallest absolute Gasteiger partial charge is 0.335 e. The largest absolute Gasteiger partial charge is 0.495 e. The second kappa shape index (κ2) is 5.27. The molecular formula is C13H11FO4S. The Labute approximate surface area is 110 Å². The lowest BCUT2D eigenvalue weighted by atomic mass is 10.3. The van der Waals surface area contributed by atoms with Gasteiger partial charge in [-0.1, -0.05) is 18.2 Å². The summed E-state index contributed by atoms with van der Waals surface area (Å²) in [6, 6.07) is 12.7. The van der Waals surface area contributed by atoms with Crippen LogP contribution in [0.1, 0.15) is 0 Å². The quantitative estimate of drug-likeness (QED) is 0.808. The van der Waals surface area contributed by atoms with Crippen molar-refractivity contribution in [2.45, 2.75) is 4.90 Å². The Morgan fingerprint density at radius 1 is 1.00 bits per heavy atom. The van der Waals surface area contributed by atoms with Crippen molar-refractivity contribution in [2.24, 2.45) is 0 Å². The highest BCUT2D eigenvalue weighted by Crippen LogP contribution is 2.31. The number of ether oxygens (including phenoxy) is 2. The number of hydrogen-bond acceptors (Lipinski definition) is 4. The third kappa shape index (κ3) is 3.23. The van der Waals surface area contributed by atoms with Gasteiger partial charge in [0.15, 0.2) is 0 Å². The van der Waals surface area contributed by atoms with Crippen LogP contribution in [0.4, 0.5) is 3.89 Å². The highest BCUT2D eigenvalue weighted by Gasteiger charge is 2.19. The fraction of sp³-hybridized carbons (Fsp3) is 0.0769. The molecule has 0 fully saturated rings. The Hall–Kier alpha value is -2.08. The molecule has 0 amide bonds. The van der Waals surface area contributed by atoms with Crippen LogP contribution in [0.15, 0.2) is 53.4 Å². The molecule has 0 N–H and O–H groups in total. The third-order valence-corrected chi connectivity index (χ3v) is 3.22. The first kappa shape index (κ1) is 13.4. The normalized spacial score (nSPS) is 11.1. The zero-order chi connectivity index (χ0) is 13.9. The van der Waals surface area contributed by atoms with E-state index in [1.807, 2.05) is 6.07 Å². The minimum absolute atomic E-state index is 0.0667. The average Bonchev–Trinajstić information content (AvgIpc) is 2.39. The molecule has 0 saturated heterocycles. The van der Waals surface area contributed by atoms with Crippen LogP contribution in [-0.4, -0.2) is 15.5 Å². The summed E-state index contributed by atoms with van der Waals surface area (Å²) in [4.78, 5) is -0.552. The first-order chi connectivity index (χ1) is 9.00. The predicted molar refractivity (Wildman–Crippen MR) is 67.8 cm³/mol. The summed E-state index contributed by atoms with van der Waals surface area (Å²) in [6.07, 6.45) is 0. The molecule has 0 heterocycles. The lowest BCUT2D eigenvalue weighted by molar-refractivity contribution is 0.398. The summed E-state index contributed by atoms with van der Waals surface area (Å²) in [5.41, 5.74) is 0. The molecule has 0 atom stereocenters. The molecule has 2 aromatic carbocycles. The zero-order valence-corrected chi connectivity index (χ0v) is 10.9. The maximum absolute atomic E-state index is 13.1. The van der Waals surface area contributed by atoms with E-state index in [1.165, 1.54) is 19.2 Å². The molecule has 4 nitrogen and oxygen atoms in total. The van der Waals surface area contributed by atoms with E-state index < -0.39 is 15.1 Å². The number of rotatable bonds is 4. The van der Waals surface area contributed by atoms with E-state index in [-0.39, 0.29) is 11.5 Å². The fourth-order valence-corrected chi connectivity index (χ4v) is 2.18. The van der Waals surface area contributed by atoms with Gasteiger partial charge in [-0.15, -0.1) is 3.89 Å². The molecule has 0 aliphatic rings. The highest BCUT2D eigenvalue weighted by atomic mass is 32.3. The van der Waals surface area contributed by atoms with Gasteiger partial charge in [0, 0.05) is 6.07 Å². The van der Waals surface area contributed by atoms with Gasteiger partial charge in [0.25, 0.3) is 0 Å². The number of halogens is 1. The van der Waals surface area contributed by atoms with Gasteiger partial charge in [0.2, 0.25) is 0 Å². The molecule has 2 rings (SSSR count). The highest BCUT2D eigenvalue weighted by molar-refractivity contribution is 7.86. The molecule has 0 spiro atoms. The van der Waals surface area contributed by atoms with Crippen LogP contribution in [0.3, 0.4) is 0 Å². The molecule has 6 heteroatoms. The van der Waals surface area contributed by atoms with Crippen LogP contribution >= 0.6 is 0 Å². The van der Waals surface area contributed by atoms with Crippen molar-refractivity contribution in [3.63, 3.8) is 0 Å². The minimum atomic E-state index is -4.87. The average molecular weight is 282 g/mol. The van der Waals surface area contributed by atoms with Gasteiger partial charge in [-0.25, -0.2) is 0 Å². The number of benzene rings is 2. The Balaban J connectivity index is 2.39. The summed E-state index contributed by atoms with van der Waals surface area (Å²) in [6.45, 7) is 0. The summed E-state index contributed by atoms with van der Waals surface area (Å²) < 4.78 is 45.4. The van der Waals surface area contributed by atoms with Gasteiger partial charge in [-0.05, 0) is 24.3 Å². The zero-order valence-electron chi connectivity index (χ0n) is 10.0. The molecular weight excluding hydrogens is 271 g/mol. The molecule has 0 aromatic heterocycles. The summed E-state index contributed by atoms with van der Waals surface area (Å²) in [5.74, 6) is 0.668. The molecule has 0 unspecified atom stereocenters. The van der Waals surface area contributed by atoms with Crippen molar-refractivity contribution in [1.29, 1.82) is 0 Å². The lowest BCUT2D eigenvalue weighted by Crippen LogP contribution is -1.97. The van der Waals surface area contributed by atoms with Crippen molar-refractivity contribution < 1.29 is 21.8 Å². The SMILES string of the molecule is COc1ccc(Oc2ccccc2)cc1S(=O)(=O)F. The molecule has 0 bridgehead atoms. The van der Waals surface area contributed by atoms with Crippen molar-refractivity contribution in [3.05, 3.63) is 48.5 Å². The molecule has 0 radical (unpaired) electrons. The van der Waals surface area contributed by atoms with Gasteiger partial charge in [-0.2, -0.15) is 8.42 Å². The van der Waals surface area contributed by atoms with Crippen LogP contribution in [0.5, 0.6) is 17.2 Å². The monoisotopic (exact) mass is 282 g/mol. The van der Waals surface area contributed by atoms with Crippen LogP contribution < -0.4 is 9.47 Å². The van der Waals surface area contributed by atoms with E-state index in [0.717, 1.165) is 6.07 Å². The Kier molecular flexibility index (Phi) is 3.71.